The molecular weight excluding hydrogens is 288 g/mol. The molecule has 0 fully saturated rings. The van der Waals surface area contributed by atoms with E-state index in [4.69, 9.17) is 0 Å². The number of benzene rings is 3. The van der Waals surface area contributed by atoms with E-state index in [1.807, 2.05) is 60.7 Å². The molecule has 0 N–H and O–H groups in total. The summed E-state index contributed by atoms with van der Waals surface area (Å²) in [5.41, 5.74) is 2.24. The van der Waals surface area contributed by atoms with Crippen molar-refractivity contribution >= 4 is 33.7 Å². The first-order valence-electron chi connectivity index (χ1n) is 7.19. The maximum Gasteiger partial charge on any atom is 0.212 e. The topological polar surface area (TPSA) is 17.1 Å². The first-order valence-corrected chi connectivity index (χ1v) is 8.18. The molecular formula is C20H16OS. The highest BCUT2D eigenvalue weighted by Crippen LogP contribution is 2.20. The van der Waals surface area contributed by atoms with Crippen LogP contribution >= 0.6 is 11.8 Å². The lowest BCUT2D eigenvalue weighted by atomic mass is 10.0. The van der Waals surface area contributed by atoms with Gasteiger partial charge in [0.05, 0.1) is 0 Å². The zero-order chi connectivity index (χ0) is 15.2. The van der Waals surface area contributed by atoms with Crippen molar-refractivity contribution in [1.82, 2.24) is 0 Å². The van der Waals surface area contributed by atoms with Gasteiger partial charge in [-0.1, -0.05) is 84.6 Å². The van der Waals surface area contributed by atoms with Crippen LogP contribution in [0, 0.1) is 0 Å². The summed E-state index contributed by atoms with van der Waals surface area (Å²) in [6.07, 6.45) is 3.57. The maximum absolute atomic E-state index is 12.0. The summed E-state index contributed by atoms with van der Waals surface area (Å²) in [6.45, 7) is 0. The third kappa shape index (κ3) is 3.66. The lowest BCUT2D eigenvalue weighted by molar-refractivity contribution is -0.107. The second-order valence-corrected chi connectivity index (χ2v) is 5.97. The number of fused-ring (bicyclic) bond motifs is 1. The van der Waals surface area contributed by atoms with Gasteiger partial charge in [0.1, 0.15) is 0 Å². The average molecular weight is 304 g/mol. The van der Waals surface area contributed by atoms with Crippen LogP contribution in [0.15, 0.2) is 78.9 Å². The van der Waals surface area contributed by atoms with Crippen molar-refractivity contribution in [3.8, 4) is 0 Å². The molecule has 0 spiro atoms. The van der Waals surface area contributed by atoms with Crippen LogP contribution in [0.2, 0.25) is 0 Å². The Bertz CT molecular complexity index is 801. The molecule has 0 amide bonds. The molecule has 0 aliphatic heterocycles. The average Bonchev–Trinajstić information content (AvgIpc) is 2.59. The highest BCUT2D eigenvalue weighted by molar-refractivity contribution is 8.13. The first kappa shape index (κ1) is 14.6. The van der Waals surface area contributed by atoms with Gasteiger partial charge >= 0.3 is 0 Å². The number of carbonyl (C=O) groups excluding carboxylic acids is 1. The predicted molar refractivity (Wildman–Crippen MR) is 95.7 cm³/mol. The van der Waals surface area contributed by atoms with E-state index in [1.165, 1.54) is 28.1 Å². The summed E-state index contributed by atoms with van der Waals surface area (Å²) in [5.74, 6) is 0.708. The van der Waals surface area contributed by atoms with E-state index in [2.05, 4.69) is 18.2 Å². The Morgan fingerprint density at radius 3 is 2.45 bits per heavy atom. The minimum absolute atomic E-state index is 0.0804. The van der Waals surface area contributed by atoms with Crippen molar-refractivity contribution in [3.05, 3.63) is 90.0 Å². The molecule has 0 radical (unpaired) electrons. The standard InChI is InChI=1S/C20H16OS/c21-20(22-15-16-7-2-1-3-8-16)14-13-18-11-6-10-17-9-4-5-12-19(17)18/h1-14H,15H2/b14-13+. The van der Waals surface area contributed by atoms with E-state index >= 15 is 0 Å². The van der Waals surface area contributed by atoms with Gasteiger partial charge in [0.25, 0.3) is 0 Å². The van der Waals surface area contributed by atoms with Crippen molar-refractivity contribution in [3.63, 3.8) is 0 Å². The molecule has 108 valence electrons. The molecule has 0 aliphatic carbocycles. The van der Waals surface area contributed by atoms with Crippen molar-refractivity contribution in [1.29, 1.82) is 0 Å². The fourth-order valence-electron chi connectivity index (χ4n) is 2.33. The summed E-state index contributed by atoms with van der Waals surface area (Å²) < 4.78 is 0. The van der Waals surface area contributed by atoms with E-state index < -0.39 is 0 Å². The van der Waals surface area contributed by atoms with Crippen molar-refractivity contribution < 1.29 is 4.79 Å². The summed E-state index contributed by atoms with van der Waals surface area (Å²) in [6, 6.07) is 24.4. The minimum atomic E-state index is 0.0804. The van der Waals surface area contributed by atoms with E-state index in [0.29, 0.717) is 5.75 Å². The second kappa shape index (κ2) is 7.10. The van der Waals surface area contributed by atoms with Gasteiger partial charge in [-0.05, 0) is 34.1 Å². The second-order valence-electron chi connectivity index (χ2n) is 5.00. The Hall–Kier alpha value is -2.32. The quantitative estimate of drug-likeness (QED) is 0.607. The molecule has 3 rings (SSSR count). The van der Waals surface area contributed by atoms with Crippen molar-refractivity contribution in [2.75, 3.05) is 0 Å². The van der Waals surface area contributed by atoms with Gasteiger partial charge in [-0.25, -0.2) is 0 Å². The van der Waals surface area contributed by atoms with E-state index in [1.54, 1.807) is 6.08 Å². The number of hydrogen-bond donors (Lipinski definition) is 0. The Kier molecular flexibility index (Phi) is 4.71. The molecule has 0 aromatic heterocycles. The summed E-state index contributed by atoms with van der Waals surface area (Å²) in [4.78, 5) is 12.0. The van der Waals surface area contributed by atoms with Crippen LogP contribution in [-0.4, -0.2) is 5.12 Å². The zero-order valence-corrected chi connectivity index (χ0v) is 12.9. The molecule has 0 aliphatic rings. The van der Waals surface area contributed by atoms with Crippen LogP contribution in [0.25, 0.3) is 16.8 Å². The fraction of sp³-hybridized carbons (Fsp3) is 0.0500. The van der Waals surface area contributed by atoms with E-state index in [0.717, 1.165) is 5.56 Å². The van der Waals surface area contributed by atoms with Crippen LogP contribution in [0.4, 0.5) is 0 Å². The highest BCUT2D eigenvalue weighted by Gasteiger charge is 2.01. The molecule has 1 nitrogen and oxygen atoms in total. The van der Waals surface area contributed by atoms with Crippen molar-refractivity contribution in [2.45, 2.75) is 5.75 Å². The molecule has 0 heterocycles. The highest BCUT2D eigenvalue weighted by atomic mass is 32.2. The van der Waals surface area contributed by atoms with Crippen LogP contribution in [0.5, 0.6) is 0 Å². The first-order chi connectivity index (χ1) is 10.8. The number of rotatable bonds is 4. The number of thioether (sulfide) groups is 1. The Morgan fingerprint density at radius 2 is 1.59 bits per heavy atom. The molecule has 22 heavy (non-hydrogen) atoms. The third-order valence-corrected chi connectivity index (χ3v) is 4.34. The molecule has 2 heteroatoms. The van der Waals surface area contributed by atoms with Gasteiger partial charge in [0, 0.05) is 5.75 Å². The predicted octanol–water partition coefficient (Wildman–Crippen LogP) is 5.31. The Morgan fingerprint density at radius 1 is 0.864 bits per heavy atom. The van der Waals surface area contributed by atoms with Crippen LogP contribution < -0.4 is 0 Å². The summed E-state index contributed by atoms with van der Waals surface area (Å²) in [5, 5.41) is 2.44. The van der Waals surface area contributed by atoms with Crippen LogP contribution in [-0.2, 0) is 10.5 Å². The van der Waals surface area contributed by atoms with E-state index in [9.17, 15) is 4.79 Å². The van der Waals surface area contributed by atoms with Gasteiger partial charge in [0.2, 0.25) is 5.12 Å². The summed E-state index contributed by atoms with van der Waals surface area (Å²) in [7, 11) is 0. The molecule has 0 bridgehead atoms. The molecule has 0 unspecified atom stereocenters. The third-order valence-electron chi connectivity index (χ3n) is 3.45. The normalized spacial score (nSPS) is 11.1. The molecule has 0 atom stereocenters. The molecule has 0 saturated heterocycles. The SMILES string of the molecule is O=C(/C=C/c1cccc2ccccc12)SCc1ccccc1. The number of carbonyl (C=O) groups is 1. The monoisotopic (exact) mass is 304 g/mol. The minimum Gasteiger partial charge on any atom is -0.282 e. The summed E-state index contributed by atoms with van der Waals surface area (Å²) >= 11 is 1.33. The number of hydrogen-bond acceptors (Lipinski definition) is 2. The maximum atomic E-state index is 12.0. The van der Waals surface area contributed by atoms with Crippen LogP contribution in [0.1, 0.15) is 11.1 Å². The van der Waals surface area contributed by atoms with Gasteiger partial charge in [-0.15, -0.1) is 0 Å². The molecule has 0 saturated carbocycles. The van der Waals surface area contributed by atoms with Crippen LogP contribution in [0.3, 0.4) is 0 Å². The lowest BCUT2D eigenvalue weighted by Crippen LogP contribution is -1.87. The molecule has 3 aromatic carbocycles. The van der Waals surface area contributed by atoms with Gasteiger partial charge < -0.3 is 0 Å². The Labute approximate surface area is 134 Å². The van der Waals surface area contributed by atoms with Crippen molar-refractivity contribution in [2.24, 2.45) is 0 Å². The lowest BCUT2D eigenvalue weighted by Gasteiger charge is -2.01. The van der Waals surface area contributed by atoms with Gasteiger partial charge in [-0.3, -0.25) is 4.79 Å². The van der Waals surface area contributed by atoms with Gasteiger partial charge in [-0.2, -0.15) is 0 Å². The fourth-order valence-corrected chi connectivity index (χ4v) is 3.00. The molecule has 3 aromatic rings. The largest absolute Gasteiger partial charge is 0.282 e. The Balaban J connectivity index is 1.69. The zero-order valence-electron chi connectivity index (χ0n) is 12.1. The van der Waals surface area contributed by atoms with E-state index in [-0.39, 0.29) is 5.12 Å². The smallest absolute Gasteiger partial charge is 0.212 e. The van der Waals surface area contributed by atoms with Gasteiger partial charge in [0.15, 0.2) is 0 Å².